The first-order chi connectivity index (χ1) is 7.95. The van der Waals surface area contributed by atoms with Crippen molar-refractivity contribution in [3.63, 3.8) is 0 Å². The Morgan fingerprint density at radius 2 is 2.12 bits per heavy atom. The van der Waals surface area contributed by atoms with Crippen LogP contribution in [0.5, 0.6) is 0 Å². The third-order valence-corrected chi connectivity index (χ3v) is 2.59. The maximum Gasteiger partial charge on any atom is 0.331 e. The van der Waals surface area contributed by atoms with Crippen molar-refractivity contribution < 1.29 is 4.79 Å². The number of hydrogen-bond acceptors (Lipinski definition) is 3. The van der Waals surface area contributed by atoms with E-state index in [9.17, 15) is 14.4 Å². The Labute approximate surface area is 98.9 Å². The molecule has 0 saturated carbocycles. The van der Waals surface area contributed by atoms with Gasteiger partial charge in [0.2, 0.25) is 5.91 Å². The Balaban J connectivity index is 2.83. The Morgan fingerprint density at radius 1 is 1.47 bits per heavy atom. The van der Waals surface area contributed by atoms with Crippen molar-refractivity contribution in [2.24, 2.45) is 7.05 Å². The van der Waals surface area contributed by atoms with Gasteiger partial charge in [0.1, 0.15) is 6.54 Å². The van der Waals surface area contributed by atoms with E-state index in [1.165, 1.54) is 23.9 Å². The standard InChI is InChI=1S/C11H17N3O3/c1-4-8(2)12-9(15)7-14-6-5-10(16)13(3)11(14)17/h5-6,8H,4,7H2,1-3H3,(H,12,15)/t8-/m0/s1. The van der Waals surface area contributed by atoms with Gasteiger partial charge in [0.15, 0.2) is 0 Å². The van der Waals surface area contributed by atoms with E-state index >= 15 is 0 Å². The zero-order valence-corrected chi connectivity index (χ0v) is 10.3. The predicted octanol–water partition coefficient (Wildman–Crippen LogP) is -0.538. The molecule has 0 fully saturated rings. The lowest BCUT2D eigenvalue weighted by molar-refractivity contribution is -0.122. The van der Waals surface area contributed by atoms with Crippen molar-refractivity contribution in [2.45, 2.75) is 32.9 Å². The first kappa shape index (κ1) is 13.2. The largest absolute Gasteiger partial charge is 0.352 e. The molecule has 0 aliphatic rings. The Hall–Kier alpha value is -1.85. The molecule has 1 aromatic heterocycles. The number of aromatic nitrogens is 2. The van der Waals surface area contributed by atoms with Crippen LogP contribution < -0.4 is 16.6 Å². The van der Waals surface area contributed by atoms with Gasteiger partial charge in [-0.25, -0.2) is 4.79 Å². The zero-order valence-electron chi connectivity index (χ0n) is 10.3. The third-order valence-electron chi connectivity index (χ3n) is 2.59. The summed E-state index contributed by atoms with van der Waals surface area (Å²) in [4.78, 5) is 34.3. The summed E-state index contributed by atoms with van der Waals surface area (Å²) in [7, 11) is 1.38. The number of nitrogens with zero attached hydrogens (tertiary/aromatic N) is 2. The molecule has 6 nitrogen and oxygen atoms in total. The highest BCUT2D eigenvalue weighted by atomic mass is 16.2. The van der Waals surface area contributed by atoms with E-state index in [1.807, 2.05) is 13.8 Å². The minimum absolute atomic E-state index is 0.0721. The van der Waals surface area contributed by atoms with Crippen molar-refractivity contribution in [1.29, 1.82) is 0 Å². The summed E-state index contributed by atoms with van der Waals surface area (Å²) in [6.07, 6.45) is 2.16. The van der Waals surface area contributed by atoms with Crippen molar-refractivity contribution in [2.75, 3.05) is 0 Å². The molecular weight excluding hydrogens is 222 g/mol. The molecule has 0 unspecified atom stereocenters. The summed E-state index contributed by atoms with van der Waals surface area (Å²) in [5.41, 5.74) is -0.870. The summed E-state index contributed by atoms with van der Waals surface area (Å²) in [5, 5.41) is 2.75. The van der Waals surface area contributed by atoms with Gasteiger partial charge in [-0.1, -0.05) is 6.92 Å². The fourth-order valence-electron chi connectivity index (χ4n) is 1.31. The smallest absolute Gasteiger partial charge is 0.331 e. The van der Waals surface area contributed by atoms with Crippen molar-refractivity contribution in [3.8, 4) is 0 Å². The summed E-state index contributed by atoms with van der Waals surface area (Å²) in [6.45, 7) is 3.78. The molecule has 1 aromatic rings. The van der Waals surface area contributed by atoms with E-state index in [0.717, 1.165) is 11.0 Å². The Kier molecular flexibility index (Phi) is 4.25. The lowest BCUT2D eigenvalue weighted by Crippen LogP contribution is -2.41. The fourth-order valence-corrected chi connectivity index (χ4v) is 1.31. The number of amides is 1. The lowest BCUT2D eigenvalue weighted by Gasteiger charge is -2.12. The van der Waals surface area contributed by atoms with Gasteiger partial charge >= 0.3 is 5.69 Å². The van der Waals surface area contributed by atoms with Crippen LogP contribution in [0.4, 0.5) is 0 Å². The first-order valence-corrected chi connectivity index (χ1v) is 5.51. The van der Waals surface area contributed by atoms with Crippen LogP contribution in [0.1, 0.15) is 20.3 Å². The Bertz CT molecular complexity index is 515. The molecule has 1 heterocycles. The molecule has 1 N–H and O–H groups in total. The predicted molar refractivity (Wildman–Crippen MR) is 63.8 cm³/mol. The van der Waals surface area contributed by atoms with E-state index < -0.39 is 5.69 Å². The molecule has 94 valence electrons. The van der Waals surface area contributed by atoms with Gasteiger partial charge in [-0.05, 0) is 13.3 Å². The molecule has 0 bridgehead atoms. The van der Waals surface area contributed by atoms with Crippen molar-refractivity contribution >= 4 is 5.91 Å². The number of carbonyl (C=O) groups is 1. The molecule has 0 aromatic carbocycles. The lowest BCUT2D eigenvalue weighted by atomic mass is 10.2. The second-order valence-electron chi connectivity index (χ2n) is 4.00. The quantitative estimate of drug-likeness (QED) is 0.767. The van der Waals surface area contributed by atoms with Gasteiger partial charge in [0.05, 0.1) is 0 Å². The molecular formula is C11H17N3O3. The molecule has 1 atom stereocenters. The molecule has 6 heteroatoms. The molecule has 1 amide bonds. The van der Waals surface area contributed by atoms with Crippen LogP contribution in [0.15, 0.2) is 21.9 Å². The van der Waals surface area contributed by atoms with Crippen molar-refractivity contribution in [3.05, 3.63) is 33.1 Å². The number of rotatable bonds is 4. The van der Waals surface area contributed by atoms with Crippen molar-refractivity contribution in [1.82, 2.24) is 14.5 Å². The topological polar surface area (TPSA) is 73.1 Å². The maximum atomic E-state index is 11.6. The van der Waals surface area contributed by atoms with Crippen LogP contribution in [0.3, 0.4) is 0 Å². The first-order valence-electron chi connectivity index (χ1n) is 5.51. The summed E-state index contributed by atoms with van der Waals surface area (Å²) in [5.74, 6) is -0.236. The SMILES string of the molecule is CC[C@H](C)NC(=O)Cn1ccc(=O)n(C)c1=O. The zero-order chi connectivity index (χ0) is 13.0. The van der Waals surface area contributed by atoms with Crippen LogP contribution in [-0.4, -0.2) is 21.1 Å². The second-order valence-corrected chi connectivity index (χ2v) is 4.00. The normalized spacial score (nSPS) is 12.2. The molecule has 0 aliphatic heterocycles. The molecule has 17 heavy (non-hydrogen) atoms. The van der Waals surface area contributed by atoms with Gasteiger partial charge in [-0.3, -0.25) is 18.7 Å². The van der Waals surface area contributed by atoms with E-state index in [1.54, 1.807) is 0 Å². The average Bonchev–Trinajstić information content (AvgIpc) is 2.29. The second kappa shape index (κ2) is 5.47. The molecule has 0 aliphatic carbocycles. The van der Waals surface area contributed by atoms with Crippen LogP contribution >= 0.6 is 0 Å². The minimum atomic E-state index is -0.489. The minimum Gasteiger partial charge on any atom is -0.352 e. The van der Waals surface area contributed by atoms with Crippen LogP contribution in [0, 0.1) is 0 Å². The van der Waals surface area contributed by atoms with Gasteiger partial charge < -0.3 is 5.32 Å². The number of carbonyl (C=O) groups excluding carboxylic acids is 1. The summed E-state index contributed by atoms with van der Waals surface area (Å²) in [6, 6.07) is 1.34. The number of nitrogens with one attached hydrogen (secondary N) is 1. The van der Waals surface area contributed by atoms with Gasteiger partial charge in [0.25, 0.3) is 5.56 Å². The van der Waals surface area contributed by atoms with Gasteiger partial charge in [0, 0.05) is 25.4 Å². The molecule has 0 radical (unpaired) electrons. The van der Waals surface area contributed by atoms with Crippen LogP contribution in [-0.2, 0) is 18.4 Å². The summed E-state index contributed by atoms with van der Waals surface area (Å²) < 4.78 is 2.18. The molecule has 0 saturated heterocycles. The van der Waals surface area contributed by atoms with Crippen LogP contribution in [0.2, 0.25) is 0 Å². The van der Waals surface area contributed by atoms with Gasteiger partial charge in [-0.15, -0.1) is 0 Å². The number of hydrogen-bond donors (Lipinski definition) is 1. The Morgan fingerprint density at radius 3 is 2.71 bits per heavy atom. The maximum absolute atomic E-state index is 11.6. The fraction of sp³-hybridized carbons (Fsp3) is 0.545. The highest BCUT2D eigenvalue weighted by molar-refractivity contribution is 5.75. The highest BCUT2D eigenvalue weighted by Crippen LogP contribution is 1.88. The average molecular weight is 239 g/mol. The highest BCUT2D eigenvalue weighted by Gasteiger charge is 2.08. The van der Waals surface area contributed by atoms with E-state index in [0.29, 0.717) is 0 Å². The molecule has 0 spiro atoms. The summed E-state index contributed by atoms with van der Waals surface area (Å²) >= 11 is 0. The van der Waals surface area contributed by atoms with Gasteiger partial charge in [-0.2, -0.15) is 0 Å². The van der Waals surface area contributed by atoms with E-state index in [4.69, 9.17) is 0 Å². The third kappa shape index (κ3) is 3.30. The monoisotopic (exact) mass is 239 g/mol. The van der Waals surface area contributed by atoms with Crippen LogP contribution in [0.25, 0.3) is 0 Å². The van der Waals surface area contributed by atoms with E-state index in [2.05, 4.69) is 5.32 Å². The van der Waals surface area contributed by atoms with E-state index in [-0.39, 0.29) is 24.1 Å². The molecule has 1 rings (SSSR count).